The van der Waals surface area contributed by atoms with Crippen LogP contribution < -0.4 is 4.90 Å². The van der Waals surface area contributed by atoms with Gasteiger partial charge >= 0.3 is 0 Å². The van der Waals surface area contributed by atoms with Crippen molar-refractivity contribution in [2.75, 3.05) is 24.6 Å². The molecule has 1 saturated heterocycles. The van der Waals surface area contributed by atoms with Gasteiger partial charge in [0.25, 0.3) is 0 Å². The lowest BCUT2D eigenvalue weighted by molar-refractivity contribution is 0.0761. The molecule has 0 spiro atoms. The lowest BCUT2D eigenvalue weighted by atomic mass is 10.2. The Kier molecular flexibility index (Phi) is 3.75. The van der Waals surface area contributed by atoms with Crippen molar-refractivity contribution in [2.24, 2.45) is 0 Å². The molecule has 0 radical (unpaired) electrons. The van der Waals surface area contributed by atoms with E-state index in [-0.39, 0.29) is 6.10 Å². The van der Waals surface area contributed by atoms with Gasteiger partial charge in [-0.2, -0.15) is 5.26 Å². The van der Waals surface area contributed by atoms with Crippen molar-refractivity contribution in [2.45, 2.75) is 11.4 Å². The molecule has 84 valence electrons. The van der Waals surface area contributed by atoms with Crippen molar-refractivity contribution < 1.29 is 4.74 Å². The van der Waals surface area contributed by atoms with Gasteiger partial charge in [-0.15, -0.1) is 0 Å². The highest BCUT2D eigenvalue weighted by atomic mass is 79.9. The lowest BCUT2D eigenvalue weighted by Crippen LogP contribution is -2.42. The largest absolute Gasteiger partial charge is 0.360 e. The van der Waals surface area contributed by atoms with E-state index in [4.69, 9.17) is 10.00 Å². The number of ether oxygens (including phenoxy) is 1. The number of anilines is 1. The lowest BCUT2D eigenvalue weighted by Gasteiger charge is -2.30. The highest BCUT2D eigenvalue weighted by Crippen LogP contribution is 2.16. The second-order valence-electron chi connectivity index (χ2n) is 3.59. The summed E-state index contributed by atoms with van der Waals surface area (Å²) in [6.07, 6.45) is 1.51. The molecule has 4 nitrogen and oxygen atoms in total. The molecular weight excluding hydrogens is 270 g/mol. The summed E-state index contributed by atoms with van der Waals surface area (Å²) in [5.74, 6) is 0.910. The molecule has 1 aliphatic rings. The van der Waals surface area contributed by atoms with Crippen LogP contribution in [0, 0.1) is 11.3 Å². The van der Waals surface area contributed by atoms with Crippen LogP contribution in [0.15, 0.2) is 18.3 Å². The Morgan fingerprint density at radius 2 is 2.50 bits per heavy atom. The minimum atomic E-state index is -0.341. The third-order valence-corrected chi connectivity index (χ3v) is 3.15. The van der Waals surface area contributed by atoms with Gasteiger partial charge in [0, 0.05) is 18.1 Å². The van der Waals surface area contributed by atoms with Gasteiger partial charge in [0.15, 0.2) is 6.10 Å². The first-order chi connectivity index (χ1) is 7.83. The van der Waals surface area contributed by atoms with E-state index in [1.165, 1.54) is 0 Å². The summed E-state index contributed by atoms with van der Waals surface area (Å²) in [5, 5.41) is 9.62. The fraction of sp³-hybridized carbons (Fsp3) is 0.455. The molecule has 0 bridgehead atoms. The molecule has 0 amide bonds. The second kappa shape index (κ2) is 5.28. The maximum Gasteiger partial charge on any atom is 0.161 e. The Balaban J connectivity index is 2.08. The second-order valence-corrected chi connectivity index (χ2v) is 4.15. The third kappa shape index (κ3) is 2.52. The summed E-state index contributed by atoms with van der Waals surface area (Å²) < 4.78 is 5.29. The van der Waals surface area contributed by atoms with Crippen LogP contribution in [0.25, 0.3) is 0 Å². The molecular formula is C11H12BrN3O. The van der Waals surface area contributed by atoms with Gasteiger partial charge in [-0.1, -0.05) is 22.0 Å². The highest BCUT2D eigenvalue weighted by Gasteiger charge is 2.20. The van der Waals surface area contributed by atoms with Gasteiger partial charge in [-0.3, -0.25) is 0 Å². The van der Waals surface area contributed by atoms with E-state index < -0.39 is 0 Å². The Morgan fingerprint density at radius 3 is 3.12 bits per heavy atom. The summed E-state index contributed by atoms with van der Waals surface area (Å²) in [4.78, 5) is 6.45. The maximum atomic E-state index is 8.81. The van der Waals surface area contributed by atoms with E-state index >= 15 is 0 Å². The molecule has 0 aromatic carbocycles. The van der Waals surface area contributed by atoms with E-state index in [0.717, 1.165) is 23.3 Å². The van der Waals surface area contributed by atoms with Gasteiger partial charge in [-0.25, -0.2) is 4.98 Å². The summed E-state index contributed by atoms with van der Waals surface area (Å²) in [6, 6.07) is 6.15. The van der Waals surface area contributed by atoms with Gasteiger partial charge < -0.3 is 9.64 Å². The van der Waals surface area contributed by atoms with Crippen LogP contribution >= 0.6 is 15.9 Å². The number of alkyl halides is 1. The number of hydrogen-bond acceptors (Lipinski definition) is 4. The van der Waals surface area contributed by atoms with Crippen LogP contribution in [0.5, 0.6) is 0 Å². The third-order valence-electron chi connectivity index (χ3n) is 2.50. The summed E-state index contributed by atoms with van der Waals surface area (Å²) in [6.45, 7) is 1.97. The Bertz CT molecular complexity index is 387. The molecule has 0 saturated carbocycles. The van der Waals surface area contributed by atoms with Crippen LogP contribution in [0.1, 0.15) is 5.56 Å². The van der Waals surface area contributed by atoms with Gasteiger partial charge in [-0.05, 0) is 11.6 Å². The molecule has 1 fully saturated rings. The van der Waals surface area contributed by atoms with Gasteiger partial charge in [0.2, 0.25) is 0 Å². The predicted molar refractivity (Wildman–Crippen MR) is 64.4 cm³/mol. The molecule has 0 N–H and O–H groups in total. The first kappa shape index (κ1) is 11.4. The zero-order valence-corrected chi connectivity index (χ0v) is 10.4. The number of nitrogens with zero attached hydrogens (tertiary/aromatic N) is 3. The van der Waals surface area contributed by atoms with Crippen molar-refractivity contribution in [1.29, 1.82) is 5.26 Å². The van der Waals surface area contributed by atoms with Crippen molar-refractivity contribution in [3.8, 4) is 6.07 Å². The van der Waals surface area contributed by atoms with Crippen LogP contribution in [-0.4, -0.2) is 30.8 Å². The number of morpholine rings is 1. The zero-order valence-electron chi connectivity index (χ0n) is 8.77. The zero-order chi connectivity index (χ0) is 11.4. The predicted octanol–water partition coefficient (Wildman–Crippen LogP) is 1.71. The number of halogens is 1. The first-order valence-electron chi connectivity index (χ1n) is 5.10. The fourth-order valence-electron chi connectivity index (χ4n) is 1.62. The van der Waals surface area contributed by atoms with Crippen molar-refractivity contribution >= 4 is 21.7 Å². The topological polar surface area (TPSA) is 49.2 Å². The number of hydrogen-bond donors (Lipinski definition) is 0. The van der Waals surface area contributed by atoms with E-state index in [1.54, 1.807) is 0 Å². The van der Waals surface area contributed by atoms with Gasteiger partial charge in [0.05, 0.1) is 19.2 Å². The van der Waals surface area contributed by atoms with Crippen LogP contribution in [-0.2, 0) is 10.1 Å². The van der Waals surface area contributed by atoms with Crippen molar-refractivity contribution in [3.05, 3.63) is 23.9 Å². The van der Waals surface area contributed by atoms with E-state index in [2.05, 4.69) is 31.9 Å². The fourth-order valence-corrected chi connectivity index (χ4v) is 1.95. The first-order valence-corrected chi connectivity index (χ1v) is 6.22. The Morgan fingerprint density at radius 1 is 1.62 bits per heavy atom. The molecule has 2 heterocycles. The van der Waals surface area contributed by atoms with E-state index in [9.17, 15) is 0 Å². The maximum absolute atomic E-state index is 8.81. The summed E-state index contributed by atoms with van der Waals surface area (Å²) in [5.41, 5.74) is 1.15. The molecule has 1 aromatic rings. The minimum Gasteiger partial charge on any atom is -0.360 e. The van der Waals surface area contributed by atoms with Gasteiger partial charge in [0.1, 0.15) is 5.82 Å². The van der Waals surface area contributed by atoms with Crippen molar-refractivity contribution in [1.82, 2.24) is 4.98 Å². The molecule has 1 aliphatic heterocycles. The van der Waals surface area contributed by atoms with E-state index in [0.29, 0.717) is 13.2 Å². The Labute approximate surface area is 103 Å². The molecule has 5 heteroatoms. The highest BCUT2D eigenvalue weighted by molar-refractivity contribution is 9.08. The molecule has 1 unspecified atom stereocenters. The molecule has 0 aliphatic carbocycles. The standard InChI is InChI=1S/C11H12BrN3O/c12-5-9-1-2-11(14-7-9)15-3-4-16-10(6-13)8-15/h1-2,7,10H,3-5,8H2. The monoisotopic (exact) mass is 281 g/mol. The molecule has 2 rings (SSSR count). The number of pyridine rings is 1. The molecule has 1 aromatic heterocycles. The summed E-state index contributed by atoms with van der Waals surface area (Å²) >= 11 is 3.38. The smallest absolute Gasteiger partial charge is 0.161 e. The normalized spacial score (nSPS) is 20.5. The van der Waals surface area contributed by atoms with Crippen molar-refractivity contribution in [3.63, 3.8) is 0 Å². The average molecular weight is 282 g/mol. The van der Waals surface area contributed by atoms with Crippen LogP contribution in [0.2, 0.25) is 0 Å². The number of aromatic nitrogens is 1. The summed E-state index contributed by atoms with van der Waals surface area (Å²) in [7, 11) is 0. The SMILES string of the molecule is N#CC1CN(c2ccc(CBr)cn2)CCO1. The minimum absolute atomic E-state index is 0.341. The number of rotatable bonds is 2. The van der Waals surface area contributed by atoms with E-state index in [1.807, 2.05) is 18.3 Å². The average Bonchev–Trinajstić information content (AvgIpc) is 2.39. The van der Waals surface area contributed by atoms with Crippen LogP contribution in [0.4, 0.5) is 5.82 Å². The Hall–Kier alpha value is -1.12. The van der Waals surface area contributed by atoms with Crippen LogP contribution in [0.3, 0.4) is 0 Å². The number of nitriles is 1. The molecule has 16 heavy (non-hydrogen) atoms. The quantitative estimate of drug-likeness (QED) is 0.775. The molecule has 1 atom stereocenters.